The maximum Gasteiger partial charge on any atom is 0.216 e. The lowest BCUT2D eigenvalue weighted by molar-refractivity contribution is -0.118. The highest BCUT2D eigenvalue weighted by Crippen LogP contribution is 2.09. The first kappa shape index (κ1) is 10.7. The van der Waals surface area contributed by atoms with Gasteiger partial charge in [0.2, 0.25) is 5.91 Å². The van der Waals surface area contributed by atoms with Crippen molar-refractivity contribution in [1.82, 2.24) is 5.32 Å². The molecule has 66 valence electrons. The molecule has 1 N–H and O–H groups in total. The van der Waals surface area contributed by atoms with Crippen LogP contribution in [0.2, 0.25) is 25.7 Å². The number of amides is 1. The van der Waals surface area contributed by atoms with Crippen molar-refractivity contribution in [2.75, 3.05) is 6.54 Å². The smallest absolute Gasteiger partial charge is 0.216 e. The van der Waals surface area contributed by atoms with E-state index in [9.17, 15) is 4.79 Å². The second-order valence-electron chi connectivity index (χ2n) is 4.15. The molecular formula is C8H19NOSi. The van der Waals surface area contributed by atoms with Crippen LogP contribution < -0.4 is 5.32 Å². The molecule has 0 aromatic heterocycles. The SMILES string of the molecule is CC(=O)NCCC[Si](C)(C)C. The molecule has 0 spiro atoms. The van der Waals surface area contributed by atoms with Gasteiger partial charge in [0, 0.05) is 21.5 Å². The Morgan fingerprint density at radius 2 is 1.91 bits per heavy atom. The van der Waals surface area contributed by atoms with Crippen molar-refractivity contribution in [3.8, 4) is 0 Å². The third kappa shape index (κ3) is 9.69. The van der Waals surface area contributed by atoms with Crippen molar-refractivity contribution in [3.63, 3.8) is 0 Å². The second kappa shape index (κ2) is 4.54. The highest BCUT2D eigenvalue weighted by molar-refractivity contribution is 6.76. The Balaban J connectivity index is 3.22. The fourth-order valence-electron chi connectivity index (χ4n) is 0.883. The molecule has 0 bridgehead atoms. The Kier molecular flexibility index (Phi) is 4.41. The normalized spacial score (nSPS) is 11.3. The summed E-state index contributed by atoms with van der Waals surface area (Å²) in [7, 11) is -0.881. The summed E-state index contributed by atoms with van der Waals surface area (Å²) < 4.78 is 0. The first-order chi connectivity index (χ1) is 4.92. The summed E-state index contributed by atoms with van der Waals surface area (Å²) >= 11 is 0. The lowest BCUT2D eigenvalue weighted by atomic mass is 10.5. The van der Waals surface area contributed by atoms with Crippen LogP contribution in [0.25, 0.3) is 0 Å². The summed E-state index contributed by atoms with van der Waals surface area (Å²) in [4.78, 5) is 10.5. The third-order valence-electron chi connectivity index (χ3n) is 1.48. The lowest BCUT2D eigenvalue weighted by Crippen LogP contribution is -2.25. The van der Waals surface area contributed by atoms with E-state index in [1.54, 1.807) is 6.92 Å². The van der Waals surface area contributed by atoms with Gasteiger partial charge in [-0.1, -0.05) is 25.7 Å². The van der Waals surface area contributed by atoms with Gasteiger partial charge in [0.25, 0.3) is 0 Å². The molecule has 0 radical (unpaired) electrons. The molecule has 0 aromatic carbocycles. The second-order valence-corrected chi connectivity index (χ2v) is 9.77. The van der Waals surface area contributed by atoms with Crippen molar-refractivity contribution in [3.05, 3.63) is 0 Å². The van der Waals surface area contributed by atoms with Crippen molar-refractivity contribution in [1.29, 1.82) is 0 Å². The van der Waals surface area contributed by atoms with E-state index in [0.29, 0.717) is 0 Å². The summed E-state index contributed by atoms with van der Waals surface area (Å²) in [6.07, 6.45) is 1.13. The van der Waals surface area contributed by atoms with Gasteiger partial charge in [-0.2, -0.15) is 0 Å². The van der Waals surface area contributed by atoms with Crippen LogP contribution in [-0.4, -0.2) is 20.5 Å². The average molecular weight is 173 g/mol. The Labute approximate surface area is 70.4 Å². The zero-order valence-corrected chi connectivity index (χ0v) is 9.03. The summed E-state index contributed by atoms with van der Waals surface area (Å²) in [5, 5.41) is 2.80. The maximum atomic E-state index is 10.5. The van der Waals surface area contributed by atoms with E-state index >= 15 is 0 Å². The van der Waals surface area contributed by atoms with E-state index in [0.717, 1.165) is 13.0 Å². The van der Waals surface area contributed by atoms with E-state index in [1.807, 2.05) is 0 Å². The molecule has 0 unspecified atom stereocenters. The molecule has 11 heavy (non-hydrogen) atoms. The monoisotopic (exact) mass is 173 g/mol. The van der Waals surface area contributed by atoms with Crippen LogP contribution in [-0.2, 0) is 4.79 Å². The summed E-state index contributed by atoms with van der Waals surface area (Å²) in [6.45, 7) is 9.45. The van der Waals surface area contributed by atoms with Crippen molar-refractivity contribution >= 4 is 14.0 Å². The van der Waals surface area contributed by atoms with Gasteiger partial charge in [-0.05, 0) is 6.42 Å². The van der Waals surface area contributed by atoms with E-state index in [-0.39, 0.29) is 5.91 Å². The number of carbonyl (C=O) groups is 1. The van der Waals surface area contributed by atoms with E-state index in [2.05, 4.69) is 25.0 Å². The van der Waals surface area contributed by atoms with Gasteiger partial charge in [0.05, 0.1) is 0 Å². The Morgan fingerprint density at radius 1 is 1.36 bits per heavy atom. The first-order valence-electron chi connectivity index (χ1n) is 4.16. The van der Waals surface area contributed by atoms with Crippen LogP contribution in [0.4, 0.5) is 0 Å². The first-order valence-corrected chi connectivity index (χ1v) is 7.87. The van der Waals surface area contributed by atoms with Crippen LogP contribution in [0, 0.1) is 0 Å². The van der Waals surface area contributed by atoms with Crippen molar-refractivity contribution in [2.24, 2.45) is 0 Å². The van der Waals surface area contributed by atoms with E-state index < -0.39 is 8.07 Å². The van der Waals surface area contributed by atoms with Crippen molar-refractivity contribution in [2.45, 2.75) is 39.0 Å². The predicted molar refractivity (Wildman–Crippen MR) is 51.5 cm³/mol. The molecule has 3 heteroatoms. The molecule has 2 nitrogen and oxygen atoms in total. The van der Waals surface area contributed by atoms with Crippen LogP contribution >= 0.6 is 0 Å². The quantitative estimate of drug-likeness (QED) is 0.510. The van der Waals surface area contributed by atoms with Crippen molar-refractivity contribution < 1.29 is 4.79 Å². The fourth-order valence-corrected chi connectivity index (χ4v) is 2.12. The predicted octanol–water partition coefficient (Wildman–Crippen LogP) is 1.85. The van der Waals surface area contributed by atoms with Crippen LogP contribution in [0.1, 0.15) is 13.3 Å². The molecule has 0 rings (SSSR count). The van der Waals surface area contributed by atoms with E-state index in [4.69, 9.17) is 0 Å². The number of hydrogen-bond acceptors (Lipinski definition) is 1. The van der Waals surface area contributed by atoms with Gasteiger partial charge in [-0.3, -0.25) is 4.79 Å². The molecule has 1 amide bonds. The standard InChI is InChI=1S/C8H19NOSi/c1-8(10)9-6-5-7-11(2,3)4/h5-7H2,1-4H3,(H,9,10). The number of carbonyl (C=O) groups excluding carboxylic acids is 1. The molecule has 0 aliphatic carbocycles. The molecule has 0 aromatic rings. The minimum atomic E-state index is -0.881. The van der Waals surface area contributed by atoms with Gasteiger partial charge in [-0.25, -0.2) is 0 Å². The molecule has 0 atom stereocenters. The topological polar surface area (TPSA) is 29.1 Å². The third-order valence-corrected chi connectivity index (χ3v) is 3.33. The molecule has 0 saturated heterocycles. The Bertz CT molecular complexity index is 129. The zero-order chi connectivity index (χ0) is 8.91. The van der Waals surface area contributed by atoms with Gasteiger partial charge >= 0.3 is 0 Å². The zero-order valence-electron chi connectivity index (χ0n) is 8.03. The van der Waals surface area contributed by atoms with Gasteiger partial charge in [-0.15, -0.1) is 0 Å². The largest absolute Gasteiger partial charge is 0.356 e. The van der Waals surface area contributed by atoms with Crippen LogP contribution in [0.3, 0.4) is 0 Å². The number of rotatable bonds is 4. The highest BCUT2D eigenvalue weighted by Gasteiger charge is 2.11. The Hall–Kier alpha value is -0.313. The molecule has 0 fully saturated rings. The molecule has 0 saturated carbocycles. The highest BCUT2D eigenvalue weighted by atomic mass is 28.3. The lowest BCUT2D eigenvalue weighted by Gasteiger charge is -2.14. The summed E-state index contributed by atoms with van der Waals surface area (Å²) in [5.41, 5.74) is 0. The number of hydrogen-bond donors (Lipinski definition) is 1. The molecule has 0 heterocycles. The van der Waals surface area contributed by atoms with E-state index in [1.165, 1.54) is 6.04 Å². The Morgan fingerprint density at radius 3 is 2.27 bits per heavy atom. The molecule has 0 aliphatic rings. The molecule has 0 aliphatic heterocycles. The maximum absolute atomic E-state index is 10.5. The fraction of sp³-hybridized carbons (Fsp3) is 0.875. The molecular weight excluding hydrogens is 154 g/mol. The average Bonchev–Trinajstić information content (AvgIpc) is 1.78. The minimum absolute atomic E-state index is 0.0839. The minimum Gasteiger partial charge on any atom is -0.356 e. The number of nitrogens with one attached hydrogen (secondary N) is 1. The summed E-state index contributed by atoms with van der Waals surface area (Å²) in [5.74, 6) is 0.0839. The van der Waals surface area contributed by atoms with Crippen LogP contribution in [0.5, 0.6) is 0 Å². The van der Waals surface area contributed by atoms with Gasteiger partial charge in [0.1, 0.15) is 0 Å². The van der Waals surface area contributed by atoms with Gasteiger partial charge < -0.3 is 5.32 Å². The van der Waals surface area contributed by atoms with Crippen LogP contribution in [0.15, 0.2) is 0 Å². The summed E-state index contributed by atoms with van der Waals surface area (Å²) in [6, 6.07) is 1.30. The van der Waals surface area contributed by atoms with Gasteiger partial charge in [0.15, 0.2) is 0 Å².